The molecule has 8 N–H and O–H groups in total. The number of allylic oxidation sites excluding steroid dienone is 1. The number of unbranched alkanes of at least 4 members (excludes halogenated alkanes) is 1. The third-order valence-corrected chi connectivity index (χ3v) is 9.22. The van der Waals surface area contributed by atoms with Gasteiger partial charge >= 0.3 is 0 Å². The van der Waals surface area contributed by atoms with E-state index in [9.17, 15) is 24.3 Å². The summed E-state index contributed by atoms with van der Waals surface area (Å²) in [5, 5.41) is 18.0. The predicted octanol–water partition coefficient (Wildman–Crippen LogP) is 0.626. The number of hydrogen-bond acceptors (Lipinski definition) is 8. The molecule has 0 saturated carbocycles. The van der Waals surface area contributed by atoms with Gasteiger partial charge in [0, 0.05) is 38.1 Å². The number of benzene rings is 2. The van der Waals surface area contributed by atoms with Crippen molar-refractivity contribution in [2.24, 2.45) is 11.5 Å². The van der Waals surface area contributed by atoms with Crippen LogP contribution in [0, 0.1) is 0 Å². The summed E-state index contributed by atoms with van der Waals surface area (Å²) in [5.74, 6) is -1.69. The second-order valence-electron chi connectivity index (χ2n) is 13.4. The highest BCUT2D eigenvalue weighted by atomic mass is 16.3. The Morgan fingerprint density at radius 3 is 2.04 bits per heavy atom. The number of carbonyl (C=O) groups is 4. The molecule has 0 aromatic heterocycles. The average molecular weight is 676 g/mol. The molecule has 2 aliphatic heterocycles. The summed E-state index contributed by atoms with van der Waals surface area (Å²) in [6.45, 7) is 6.01. The van der Waals surface area contributed by atoms with E-state index in [1.54, 1.807) is 6.08 Å². The Bertz CT molecular complexity index is 1420. The lowest BCUT2D eigenvalue weighted by Crippen LogP contribution is -2.59. The minimum Gasteiger partial charge on any atom is -0.395 e. The van der Waals surface area contributed by atoms with E-state index in [0.717, 1.165) is 23.1 Å². The highest BCUT2D eigenvalue weighted by Gasteiger charge is 2.46. The first-order valence-electron chi connectivity index (χ1n) is 17.3. The Labute approximate surface area is 289 Å². The van der Waals surface area contributed by atoms with Gasteiger partial charge in [-0.2, -0.15) is 0 Å². The number of aliphatic hydroxyl groups excluding tert-OH is 1. The lowest BCUT2D eigenvalue weighted by Gasteiger charge is -2.36. The quantitative estimate of drug-likeness (QED) is 0.0982. The normalized spacial score (nSPS) is 19.4. The number of likely N-dealkylation sites (tertiary alicyclic amines) is 2. The van der Waals surface area contributed by atoms with Crippen molar-refractivity contribution < 1.29 is 24.3 Å². The topological polar surface area (TPSA) is 183 Å². The SMILES string of the molecule is CC(C)=CC(NC(=O)C(Cc1ccccc1)NC(=O)C(N)Cc1ccccc1)C(=O)NC(CCCCN)C(=O)N1CC2CC1CN2CCO. The fourth-order valence-electron chi connectivity index (χ4n) is 6.70. The van der Waals surface area contributed by atoms with Gasteiger partial charge in [0.25, 0.3) is 0 Å². The second kappa shape index (κ2) is 18.6. The molecule has 49 heavy (non-hydrogen) atoms. The van der Waals surface area contributed by atoms with Crippen molar-refractivity contribution in [2.45, 2.75) is 88.6 Å². The van der Waals surface area contributed by atoms with E-state index in [2.05, 4.69) is 20.9 Å². The Balaban J connectivity index is 1.48. The molecule has 4 amide bonds. The van der Waals surface area contributed by atoms with Crippen molar-refractivity contribution in [2.75, 3.05) is 32.8 Å². The maximum Gasteiger partial charge on any atom is 0.247 e. The van der Waals surface area contributed by atoms with Crippen LogP contribution in [0.25, 0.3) is 0 Å². The molecule has 12 heteroatoms. The highest BCUT2D eigenvalue weighted by Crippen LogP contribution is 2.31. The van der Waals surface area contributed by atoms with E-state index in [0.29, 0.717) is 51.9 Å². The van der Waals surface area contributed by atoms with E-state index in [1.807, 2.05) is 79.4 Å². The molecule has 2 bridgehead atoms. The third kappa shape index (κ3) is 10.9. The molecular weight excluding hydrogens is 622 g/mol. The lowest BCUT2D eigenvalue weighted by molar-refractivity contribution is -0.139. The molecule has 0 spiro atoms. The standard InChI is InChI=1S/C37H53N7O5/c1-25(2)19-32(35(47)40-31(15-9-10-16-38)37(49)44-24-28-22-29(44)23-43(28)17-18-45)42-36(48)33(21-27-13-7-4-8-14-27)41-34(46)30(39)20-26-11-5-3-6-12-26/h3-8,11-14,19,28-33,45H,9-10,15-18,20-24,38-39H2,1-2H3,(H,40,47)(H,41,46)(H,42,48). The van der Waals surface area contributed by atoms with E-state index in [1.165, 1.54) is 0 Å². The van der Waals surface area contributed by atoms with E-state index in [4.69, 9.17) is 11.5 Å². The number of carbonyl (C=O) groups excluding carboxylic acids is 4. The number of aliphatic hydroxyl groups is 1. The zero-order chi connectivity index (χ0) is 35.3. The van der Waals surface area contributed by atoms with E-state index < -0.39 is 41.9 Å². The van der Waals surface area contributed by atoms with Gasteiger partial charge in [-0.05, 0) is 63.6 Å². The van der Waals surface area contributed by atoms with Crippen LogP contribution in [0.2, 0.25) is 0 Å². The van der Waals surface area contributed by atoms with Crippen LogP contribution < -0.4 is 27.4 Å². The monoisotopic (exact) mass is 675 g/mol. The second-order valence-corrected chi connectivity index (χ2v) is 13.4. The van der Waals surface area contributed by atoms with Gasteiger partial charge in [-0.1, -0.05) is 72.3 Å². The number of nitrogens with one attached hydrogen (secondary N) is 3. The number of rotatable bonds is 18. The van der Waals surface area contributed by atoms with Crippen molar-refractivity contribution in [1.29, 1.82) is 0 Å². The van der Waals surface area contributed by atoms with Crippen molar-refractivity contribution in [1.82, 2.24) is 25.8 Å². The van der Waals surface area contributed by atoms with Crippen LogP contribution in [0.3, 0.4) is 0 Å². The molecule has 6 atom stereocenters. The molecule has 2 heterocycles. The Morgan fingerprint density at radius 2 is 1.47 bits per heavy atom. The minimum atomic E-state index is -1.09. The Kier molecular flexibility index (Phi) is 14.3. The first kappa shape index (κ1) is 37.7. The molecule has 2 aliphatic rings. The number of β-amino-alcohol motifs (C(OH)–C–C–N with tert-alkyl or cyclic N) is 1. The molecule has 2 aromatic rings. The van der Waals surface area contributed by atoms with Gasteiger partial charge in [-0.25, -0.2) is 0 Å². The fourth-order valence-corrected chi connectivity index (χ4v) is 6.70. The van der Waals surface area contributed by atoms with Crippen LogP contribution in [0.1, 0.15) is 50.7 Å². The maximum absolute atomic E-state index is 13.9. The first-order valence-corrected chi connectivity index (χ1v) is 17.3. The minimum absolute atomic E-state index is 0.0295. The Hall–Kier alpha value is -4.10. The number of hydrogen-bond donors (Lipinski definition) is 6. The van der Waals surface area contributed by atoms with E-state index in [-0.39, 0.29) is 31.0 Å². The summed E-state index contributed by atoms with van der Waals surface area (Å²) in [6, 6.07) is 15.1. The van der Waals surface area contributed by atoms with Crippen LogP contribution in [0.4, 0.5) is 0 Å². The van der Waals surface area contributed by atoms with Gasteiger partial charge in [0.2, 0.25) is 23.6 Å². The highest BCUT2D eigenvalue weighted by molar-refractivity contribution is 5.96. The van der Waals surface area contributed by atoms with Crippen LogP contribution in [-0.4, -0.2) is 108 Å². The van der Waals surface area contributed by atoms with Crippen molar-refractivity contribution in [3.05, 3.63) is 83.4 Å². The van der Waals surface area contributed by atoms with Crippen LogP contribution in [0.15, 0.2) is 72.3 Å². The summed E-state index contributed by atoms with van der Waals surface area (Å²) in [7, 11) is 0. The number of amides is 4. The Morgan fingerprint density at radius 1 is 0.837 bits per heavy atom. The first-order chi connectivity index (χ1) is 23.6. The molecule has 266 valence electrons. The van der Waals surface area contributed by atoms with Gasteiger partial charge in [0.15, 0.2) is 0 Å². The van der Waals surface area contributed by atoms with Crippen LogP contribution >= 0.6 is 0 Å². The fraction of sp³-hybridized carbons (Fsp3) is 0.514. The van der Waals surface area contributed by atoms with Gasteiger partial charge in [-0.15, -0.1) is 0 Å². The lowest BCUT2D eigenvalue weighted by atomic mass is 10.0. The summed E-state index contributed by atoms with van der Waals surface area (Å²) < 4.78 is 0. The van der Waals surface area contributed by atoms with Crippen molar-refractivity contribution in [3.63, 3.8) is 0 Å². The zero-order valence-corrected chi connectivity index (χ0v) is 28.7. The molecule has 6 unspecified atom stereocenters. The van der Waals surface area contributed by atoms with Crippen molar-refractivity contribution >= 4 is 23.6 Å². The number of fused-ring (bicyclic) bond motifs is 2. The summed E-state index contributed by atoms with van der Waals surface area (Å²) in [5.41, 5.74) is 14.5. The van der Waals surface area contributed by atoms with Gasteiger partial charge in [0.1, 0.15) is 18.1 Å². The summed E-state index contributed by atoms with van der Waals surface area (Å²) in [6.07, 6.45) is 4.74. The number of nitrogens with two attached hydrogens (primary N) is 2. The van der Waals surface area contributed by atoms with Crippen molar-refractivity contribution in [3.8, 4) is 0 Å². The molecule has 4 rings (SSSR count). The van der Waals surface area contributed by atoms with Gasteiger partial charge in [-0.3, -0.25) is 24.1 Å². The van der Waals surface area contributed by atoms with E-state index >= 15 is 0 Å². The molecule has 2 aromatic carbocycles. The van der Waals surface area contributed by atoms with Gasteiger partial charge < -0.3 is 37.4 Å². The number of piperazine rings is 1. The predicted molar refractivity (Wildman–Crippen MR) is 189 cm³/mol. The third-order valence-electron chi connectivity index (χ3n) is 9.22. The summed E-state index contributed by atoms with van der Waals surface area (Å²) in [4.78, 5) is 59.0. The molecule has 12 nitrogen and oxygen atoms in total. The molecular formula is C37H53N7O5. The average Bonchev–Trinajstić information content (AvgIpc) is 3.69. The molecule has 0 aliphatic carbocycles. The van der Waals surface area contributed by atoms with Crippen LogP contribution in [0.5, 0.6) is 0 Å². The van der Waals surface area contributed by atoms with Gasteiger partial charge in [0.05, 0.1) is 12.6 Å². The smallest absolute Gasteiger partial charge is 0.247 e. The zero-order valence-electron chi connectivity index (χ0n) is 28.7. The summed E-state index contributed by atoms with van der Waals surface area (Å²) >= 11 is 0. The van der Waals surface area contributed by atoms with Crippen LogP contribution in [-0.2, 0) is 32.0 Å². The number of nitrogens with zero attached hydrogens (tertiary/aromatic N) is 2. The molecule has 2 fully saturated rings. The molecule has 2 saturated heterocycles. The molecule has 0 radical (unpaired) electrons. The largest absolute Gasteiger partial charge is 0.395 e. The maximum atomic E-state index is 13.9.